The number of rotatable bonds is 3. The second-order valence-corrected chi connectivity index (χ2v) is 5.45. The Morgan fingerprint density at radius 2 is 1.65 bits per heavy atom. The van der Waals surface area contributed by atoms with E-state index in [4.69, 9.17) is 5.73 Å². The zero-order valence-electron chi connectivity index (χ0n) is 11.8. The van der Waals surface area contributed by atoms with Gasteiger partial charge in [-0.05, 0) is 48.6 Å². The Hall–Kier alpha value is -2.10. The summed E-state index contributed by atoms with van der Waals surface area (Å²) in [5.74, 6) is 1.38. The first-order chi connectivity index (χ1) is 9.74. The normalized spacial score (nSPS) is 15.4. The average Bonchev–Trinajstić information content (AvgIpc) is 3.02. The molecule has 3 rings (SSSR count). The summed E-state index contributed by atoms with van der Waals surface area (Å²) in [7, 11) is 1.97. The molecule has 1 heterocycles. The molecule has 0 spiro atoms. The number of aromatic nitrogens is 2. The highest BCUT2D eigenvalue weighted by Crippen LogP contribution is 2.33. The van der Waals surface area contributed by atoms with Crippen molar-refractivity contribution in [3.63, 3.8) is 0 Å². The lowest BCUT2D eigenvalue weighted by atomic mass is 10.0. The van der Waals surface area contributed by atoms with E-state index in [0.29, 0.717) is 5.92 Å². The first-order valence-electron chi connectivity index (χ1n) is 7.15. The second kappa shape index (κ2) is 5.49. The van der Waals surface area contributed by atoms with Gasteiger partial charge in [0.2, 0.25) is 5.95 Å². The third kappa shape index (κ3) is 2.59. The molecule has 1 aromatic heterocycles. The predicted octanol–water partition coefficient (Wildman–Crippen LogP) is 3.48. The van der Waals surface area contributed by atoms with Crippen LogP contribution in [0.15, 0.2) is 36.7 Å². The summed E-state index contributed by atoms with van der Waals surface area (Å²) in [4.78, 5) is 11.0. The minimum Gasteiger partial charge on any atom is -0.399 e. The van der Waals surface area contributed by atoms with Crippen molar-refractivity contribution in [2.75, 3.05) is 17.7 Å². The predicted molar refractivity (Wildman–Crippen MR) is 82.2 cm³/mol. The summed E-state index contributed by atoms with van der Waals surface area (Å²) in [6, 6.07) is 7.73. The number of anilines is 3. The number of hydrogen-bond acceptors (Lipinski definition) is 4. The van der Waals surface area contributed by atoms with Crippen LogP contribution in [0, 0.1) is 0 Å². The fourth-order valence-corrected chi connectivity index (χ4v) is 2.79. The largest absolute Gasteiger partial charge is 0.399 e. The van der Waals surface area contributed by atoms with Gasteiger partial charge in [-0.1, -0.05) is 12.8 Å². The molecule has 1 aliphatic rings. The van der Waals surface area contributed by atoms with Crippen molar-refractivity contribution < 1.29 is 0 Å². The van der Waals surface area contributed by atoms with E-state index in [0.717, 1.165) is 17.3 Å². The topological polar surface area (TPSA) is 55.0 Å². The van der Waals surface area contributed by atoms with Crippen molar-refractivity contribution in [2.24, 2.45) is 0 Å². The van der Waals surface area contributed by atoms with Crippen LogP contribution in [0.2, 0.25) is 0 Å². The van der Waals surface area contributed by atoms with E-state index in [1.165, 1.54) is 31.2 Å². The van der Waals surface area contributed by atoms with E-state index in [-0.39, 0.29) is 0 Å². The van der Waals surface area contributed by atoms with Crippen LogP contribution in [0.25, 0.3) is 0 Å². The lowest BCUT2D eigenvalue weighted by Gasteiger charge is -2.18. The molecule has 2 N–H and O–H groups in total. The fraction of sp³-hybridized carbons (Fsp3) is 0.375. The van der Waals surface area contributed by atoms with Crippen molar-refractivity contribution >= 4 is 17.3 Å². The SMILES string of the molecule is CN(c1ccc(N)cc1)c1ncc(C2CCCC2)cn1. The van der Waals surface area contributed by atoms with Gasteiger partial charge in [0.25, 0.3) is 0 Å². The van der Waals surface area contributed by atoms with Crippen LogP contribution in [0.4, 0.5) is 17.3 Å². The number of benzene rings is 1. The smallest absolute Gasteiger partial charge is 0.229 e. The van der Waals surface area contributed by atoms with Crippen LogP contribution in [0.3, 0.4) is 0 Å². The van der Waals surface area contributed by atoms with Crippen LogP contribution in [-0.2, 0) is 0 Å². The highest BCUT2D eigenvalue weighted by Gasteiger charge is 2.18. The van der Waals surface area contributed by atoms with Crippen molar-refractivity contribution in [1.82, 2.24) is 9.97 Å². The maximum absolute atomic E-state index is 5.71. The standard InChI is InChI=1S/C16H20N4/c1-20(15-8-6-14(17)7-9-15)16-18-10-13(11-19-16)12-4-2-3-5-12/h6-12H,2-5,17H2,1H3. The summed E-state index contributed by atoms with van der Waals surface area (Å²) in [6.45, 7) is 0. The van der Waals surface area contributed by atoms with Gasteiger partial charge in [0, 0.05) is 30.8 Å². The highest BCUT2D eigenvalue weighted by atomic mass is 15.2. The quantitative estimate of drug-likeness (QED) is 0.866. The molecule has 0 amide bonds. The van der Waals surface area contributed by atoms with E-state index in [2.05, 4.69) is 9.97 Å². The molecule has 0 saturated heterocycles. The molecular formula is C16H20N4. The summed E-state index contributed by atoms with van der Waals surface area (Å²) < 4.78 is 0. The Morgan fingerprint density at radius 3 is 2.25 bits per heavy atom. The van der Waals surface area contributed by atoms with Crippen LogP contribution in [-0.4, -0.2) is 17.0 Å². The maximum Gasteiger partial charge on any atom is 0.229 e. The van der Waals surface area contributed by atoms with Gasteiger partial charge in [0.15, 0.2) is 0 Å². The molecule has 4 heteroatoms. The highest BCUT2D eigenvalue weighted by molar-refractivity contribution is 5.59. The van der Waals surface area contributed by atoms with Crippen LogP contribution >= 0.6 is 0 Å². The van der Waals surface area contributed by atoms with E-state index in [1.54, 1.807) is 0 Å². The van der Waals surface area contributed by atoms with Gasteiger partial charge in [0.1, 0.15) is 0 Å². The lowest BCUT2D eigenvalue weighted by molar-refractivity contribution is 0.713. The molecule has 0 unspecified atom stereocenters. The zero-order chi connectivity index (χ0) is 13.9. The molecule has 2 aromatic rings. The van der Waals surface area contributed by atoms with Crippen LogP contribution in [0.5, 0.6) is 0 Å². The number of nitrogen functional groups attached to an aromatic ring is 1. The Bertz CT molecular complexity index is 556. The lowest BCUT2D eigenvalue weighted by Crippen LogP contribution is -2.13. The van der Waals surface area contributed by atoms with E-state index in [9.17, 15) is 0 Å². The Morgan fingerprint density at radius 1 is 1.05 bits per heavy atom. The van der Waals surface area contributed by atoms with Crippen molar-refractivity contribution in [3.8, 4) is 0 Å². The minimum atomic E-state index is 0.658. The zero-order valence-corrected chi connectivity index (χ0v) is 11.8. The first-order valence-corrected chi connectivity index (χ1v) is 7.15. The van der Waals surface area contributed by atoms with Gasteiger partial charge < -0.3 is 10.6 Å². The molecule has 20 heavy (non-hydrogen) atoms. The second-order valence-electron chi connectivity index (χ2n) is 5.45. The van der Waals surface area contributed by atoms with Crippen molar-refractivity contribution in [3.05, 3.63) is 42.2 Å². The van der Waals surface area contributed by atoms with Crippen LogP contribution in [0.1, 0.15) is 37.2 Å². The van der Waals surface area contributed by atoms with Gasteiger partial charge in [-0.3, -0.25) is 0 Å². The van der Waals surface area contributed by atoms with Gasteiger partial charge >= 0.3 is 0 Å². The molecular weight excluding hydrogens is 248 g/mol. The molecule has 0 atom stereocenters. The Kier molecular flexibility index (Phi) is 3.54. The molecule has 0 radical (unpaired) electrons. The van der Waals surface area contributed by atoms with Crippen molar-refractivity contribution in [1.29, 1.82) is 0 Å². The summed E-state index contributed by atoms with van der Waals surface area (Å²) in [6.07, 6.45) is 9.17. The minimum absolute atomic E-state index is 0.658. The first kappa shape index (κ1) is 12.9. The number of nitrogens with zero attached hydrogens (tertiary/aromatic N) is 3. The maximum atomic E-state index is 5.71. The molecule has 0 bridgehead atoms. The molecule has 1 fully saturated rings. The van der Waals surface area contributed by atoms with Crippen LogP contribution < -0.4 is 10.6 Å². The molecule has 104 valence electrons. The fourth-order valence-electron chi connectivity index (χ4n) is 2.79. The summed E-state index contributed by atoms with van der Waals surface area (Å²) >= 11 is 0. The van der Waals surface area contributed by atoms with Gasteiger partial charge in [-0.15, -0.1) is 0 Å². The van der Waals surface area contributed by atoms with Gasteiger partial charge in [-0.2, -0.15) is 0 Å². The molecule has 4 nitrogen and oxygen atoms in total. The molecule has 1 aliphatic carbocycles. The number of nitrogens with two attached hydrogens (primary N) is 1. The summed E-state index contributed by atoms with van der Waals surface area (Å²) in [5.41, 5.74) is 8.78. The van der Waals surface area contributed by atoms with E-state index in [1.807, 2.05) is 48.6 Å². The van der Waals surface area contributed by atoms with E-state index >= 15 is 0 Å². The number of hydrogen-bond donors (Lipinski definition) is 1. The third-order valence-electron chi connectivity index (χ3n) is 4.07. The average molecular weight is 268 g/mol. The van der Waals surface area contributed by atoms with Gasteiger partial charge in [0.05, 0.1) is 0 Å². The molecule has 0 aliphatic heterocycles. The Labute approximate surface area is 119 Å². The summed E-state index contributed by atoms with van der Waals surface area (Å²) in [5, 5.41) is 0. The van der Waals surface area contributed by atoms with Gasteiger partial charge in [-0.25, -0.2) is 9.97 Å². The molecule has 1 aromatic carbocycles. The third-order valence-corrected chi connectivity index (χ3v) is 4.07. The monoisotopic (exact) mass is 268 g/mol. The Balaban J connectivity index is 1.78. The van der Waals surface area contributed by atoms with Crippen molar-refractivity contribution in [2.45, 2.75) is 31.6 Å². The molecule has 1 saturated carbocycles. The van der Waals surface area contributed by atoms with E-state index < -0.39 is 0 Å².